The van der Waals surface area contributed by atoms with Gasteiger partial charge in [-0.25, -0.2) is 0 Å². The second-order valence-corrected chi connectivity index (χ2v) is 11.9. The summed E-state index contributed by atoms with van der Waals surface area (Å²) in [7, 11) is -0.109. The van der Waals surface area contributed by atoms with Crippen molar-refractivity contribution in [2.75, 3.05) is 33.3 Å². The smallest absolute Gasteiger partial charge is 0.334 e. The summed E-state index contributed by atoms with van der Waals surface area (Å²) < 4.78 is 21.3. The van der Waals surface area contributed by atoms with Gasteiger partial charge in [-0.3, -0.25) is 0 Å². The SMILES string of the molecule is CCO[Si](C)(C)OCC.CO[Si](C)(CCCCl)OC. The summed E-state index contributed by atoms with van der Waals surface area (Å²) in [6, 6.07) is 0.976. The first-order valence-corrected chi connectivity index (χ1v) is 12.6. The zero-order valence-corrected chi connectivity index (χ0v) is 16.3. The number of alkyl halides is 1. The van der Waals surface area contributed by atoms with E-state index in [-0.39, 0.29) is 0 Å². The standard InChI is InChI=1S/C6H15ClO2Si.C6H16O2Si/c1-8-10(3,9-2)6-4-5-7;1-5-7-9(3,4)8-6-2/h4-6H2,1-3H3;5-6H2,1-4H3. The van der Waals surface area contributed by atoms with Gasteiger partial charge in [-0.15, -0.1) is 11.6 Å². The Morgan fingerprint density at radius 2 is 1.32 bits per heavy atom. The van der Waals surface area contributed by atoms with Crippen LogP contribution in [0.2, 0.25) is 25.7 Å². The van der Waals surface area contributed by atoms with Gasteiger partial charge in [0.1, 0.15) is 0 Å². The summed E-state index contributed by atoms with van der Waals surface area (Å²) in [5.74, 6) is 0.690. The van der Waals surface area contributed by atoms with Crippen molar-refractivity contribution < 1.29 is 17.7 Å². The van der Waals surface area contributed by atoms with Crippen LogP contribution in [0.5, 0.6) is 0 Å². The van der Waals surface area contributed by atoms with E-state index in [1.165, 1.54) is 0 Å². The van der Waals surface area contributed by atoms with E-state index in [0.29, 0.717) is 5.88 Å². The summed E-state index contributed by atoms with van der Waals surface area (Å²) in [6.45, 7) is 11.7. The van der Waals surface area contributed by atoms with E-state index in [9.17, 15) is 0 Å². The second kappa shape index (κ2) is 12.3. The molecule has 19 heavy (non-hydrogen) atoms. The van der Waals surface area contributed by atoms with E-state index in [4.69, 9.17) is 29.3 Å². The first-order chi connectivity index (χ1) is 8.80. The molecule has 118 valence electrons. The highest BCUT2D eigenvalue weighted by atomic mass is 35.5. The van der Waals surface area contributed by atoms with Gasteiger partial charge in [0, 0.05) is 33.3 Å². The third kappa shape index (κ3) is 13.3. The Kier molecular flexibility index (Phi) is 14.2. The number of rotatable bonds is 9. The highest BCUT2D eigenvalue weighted by Gasteiger charge is 2.27. The molecule has 0 unspecified atom stereocenters. The molecule has 7 heteroatoms. The average molecular weight is 331 g/mol. The van der Waals surface area contributed by atoms with E-state index in [1.54, 1.807) is 14.2 Å². The third-order valence-electron chi connectivity index (χ3n) is 2.61. The summed E-state index contributed by atoms with van der Waals surface area (Å²) >= 11 is 5.53. The molecule has 0 aromatic rings. The van der Waals surface area contributed by atoms with Crippen molar-refractivity contribution in [3.8, 4) is 0 Å². The van der Waals surface area contributed by atoms with E-state index in [2.05, 4.69) is 13.1 Å². The fraction of sp³-hybridized carbons (Fsp3) is 1.00. The molecule has 0 heterocycles. The molecule has 0 amide bonds. The van der Waals surface area contributed by atoms with Crippen LogP contribution in [-0.4, -0.2) is 50.4 Å². The molecule has 0 bridgehead atoms. The van der Waals surface area contributed by atoms with Crippen LogP contribution < -0.4 is 0 Å². The lowest BCUT2D eigenvalue weighted by Crippen LogP contribution is -2.35. The first-order valence-electron chi connectivity index (χ1n) is 6.75. The van der Waals surface area contributed by atoms with Crippen LogP contribution in [0, 0.1) is 0 Å². The van der Waals surface area contributed by atoms with Crippen LogP contribution in [0.3, 0.4) is 0 Å². The normalized spacial score (nSPS) is 12.0. The van der Waals surface area contributed by atoms with Gasteiger partial charge in [-0.05, 0) is 46.0 Å². The quantitative estimate of drug-likeness (QED) is 0.476. The Morgan fingerprint density at radius 1 is 0.895 bits per heavy atom. The molecule has 0 spiro atoms. The Morgan fingerprint density at radius 3 is 1.58 bits per heavy atom. The molecule has 0 aliphatic carbocycles. The number of hydrogen-bond acceptors (Lipinski definition) is 4. The highest BCUT2D eigenvalue weighted by molar-refractivity contribution is 6.66. The molecule has 0 fully saturated rings. The van der Waals surface area contributed by atoms with Crippen LogP contribution >= 0.6 is 11.6 Å². The van der Waals surface area contributed by atoms with Gasteiger partial charge in [0.05, 0.1) is 0 Å². The Labute approximate surface area is 126 Å². The molecule has 0 aromatic heterocycles. The van der Waals surface area contributed by atoms with Crippen LogP contribution in [0.15, 0.2) is 0 Å². The molecular formula is C12H31ClO4Si2. The minimum atomic E-state index is -1.80. The lowest BCUT2D eigenvalue weighted by atomic mass is 10.6. The van der Waals surface area contributed by atoms with Crippen LogP contribution in [-0.2, 0) is 17.7 Å². The molecule has 0 aromatic carbocycles. The zero-order chi connectivity index (χ0) is 15.4. The van der Waals surface area contributed by atoms with Gasteiger partial charge < -0.3 is 17.7 Å². The van der Waals surface area contributed by atoms with Crippen LogP contribution in [0.4, 0.5) is 0 Å². The summed E-state index contributed by atoms with van der Waals surface area (Å²) in [4.78, 5) is 0. The Bertz CT molecular complexity index is 194. The minimum Gasteiger partial charge on any atom is -0.398 e. The zero-order valence-electron chi connectivity index (χ0n) is 13.5. The van der Waals surface area contributed by atoms with Crippen molar-refractivity contribution >= 4 is 28.7 Å². The monoisotopic (exact) mass is 330 g/mol. The molecule has 0 radical (unpaired) electrons. The Balaban J connectivity index is 0. The topological polar surface area (TPSA) is 36.9 Å². The Hall–Kier alpha value is 0.564. The van der Waals surface area contributed by atoms with Crippen molar-refractivity contribution in [2.45, 2.75) is 46.0 Å². The number of hydrogen-bond donors (Lipinski definition) is 0. The maximum absolute atomic E-state index is 5.53. The molecule has 0 saturated heterocycles. The lowest BCUT2D eigenvalue weighted by molar-refractivity contribution is 0.196. The van der Waals surface area contributed by atoms with Crippen LogP contribution in [0.1, 0.15) is 20.3 Å². The molecule has 0 N–H and O–H groups in total. The second-order valence-electron chi connectivity index (χ2n) is 4.60. The van der Waals surface area contributed by atoms with E-state index in [1.807, 2.05) is 20.4 Å². The molecule has 0 aliphatic heterocycles. The number of halogens is 1. The predicted octanol–water partition coefficient (Wildman–Crippen LogP) is 3.74. The maximum atomic E-state index is 5.53. The lowest BCUT2D eigenvalue weighted by Gasteiger charge is -2.21. The van der Waals surface area contributed by atoms with Crippen molar-refractivity contribution in [1.29, 1.82) is 0 Å². The van der Waals surface area contributed by atoms with Crippen molar-refractivity contribution in [3.63, 3.8) is 0 Å². The van der Waals surface area contributed by atoms with Crippen LogP contribution in [0.25, 0.3) is 0 Å². The molecule has 0 rings (SSSR count). The minimum absolute atomic E-state index is 0.690. The predicted molar refractivity (Wildman–Crippen MR) is 86.5 cm³/mol. The highest BCUT2D eigenvalue weighted by Crippen LogP contribution is 2.13. The third-order valence-corrected chi connectivity index (χ3v) is 7.84. The van der Waals surface area contributed by atoms with Crippen molar-refractivity contribution in [3.05, 3.63) is 0 Å². The van der Waals surface area contributed by atoms with Gasteiger partial charge >= 0.3 is 17.1 Å². The fourth-order valence-electron chi connectivity index (χ4n) is 1.41. The molecular weight excluding hydrogens is 300 g/mol. The van der Waals surface area contributed by atoms with Gasteiger partial charge in [-0.2, -0.15) is 0 Å². The maximum Gasteiger partial charge on any atom is 0.334 e. The molecule has 0 aliphatic rings. The molecule has 0 atom stereocenters. The van der Waals surface area contributed by atoms with E-state index in [0.717, 1.165) is 25.7 Å². The van der Waals surface area contributed by atoms with Gasteiger partial charge in [0.15, 0.2) is 0 Å². The van der Waals surface area contributed by atoms with E-state index >= 15 is 0 Å². The fourth-order valence-corrected chi connectivity index (χ4v) is 4.64. The van der Waals surface area contributed by atoms with E-state index < -0.39 is 17.1 Å². The summed E-state index contributed by atoms with van der Waals surface area (Å²) in [5, 5.41) is 0. The largest absolute Gasteiger partial charge is 0.398 e. The average Bonchev–Trinajstić information content (AvgIpc) is 2.36. The van der Waals surface area contributed by atoms with Crippen molar-refractivity contribution in [2.24, 2.45) is 0 Å². The summed E-state index contributed by atoms with van der Waals surface area (Å²) in [6.07, 6.45) is 0.978. The molecule has 0 saturated carbocycles. The molecule has 4 nitrogen and oxygen atoms in total. The van der Waals surface area contributed by atoms with Gasteiger partial charge in [0.2, 0.25) is 0 Å². The first kappa shape index (κ1) is 21.9. The van der Waals surface area contributed by atoms with Crippen molar-refractivity contribution in [1.82, 2.24) is 0 Å². The van der Waals surface area contributed by atoms with Gasteiger partial charge in [0.25, 0.3) is 0 Å². The summed E-state index contributed by atoms with van der Waals surface area (Å²) in [5.41, 5.74) is 0. The van der Waals surface area contributed by atoms with Gasteiger partial charge in [-0.1, -0.05) is 0 Å².